The van der Waals surface area contributed by atoms with Gasteiger partial charge in [0.2, 0.25) is 0 Å². The Bertz CT molecular complexity index is 376. The topological polar surface area (TPSA) is 30.8 Å². The number of ether oxygens (including phenoxy) is 1. The number of halogens is 1. The molecule has 1 aromatic rings. The Balaban J connectivity index is 2.47. The zero-order chi connectivity index (χ0) is 9.97. The maximum absolute atomic E-state index is 5.89. The molecule has 0 spiro atoms. The molecular weight excluding hydrogens is 202 g/mol. The molecule has 0 saturated carbocycles. The van der Waals surface area contributed by atoms with Crippen LogP contribution in [0.25, 0.3) is 0 Å². The number of nitrogens with zero attached hydrogens (tertiary/aromatic N) is 1. The highest BCUT2D eigenvalue weighted by Crippen LogP contribution is 2.27. The van der Waals surface area contributed by atoms with E-state index in [0.29, 0.717) is 11.6 Å². The summed E-state index contributed by atoms with van der Waals surface area (Å²) in [6.07, 6.45) is 0.751. The first-order valence-electron chi connectivity index (χ1n) is 4.34. The molecule has 4 heteroatoms. The summed E-state index contributed by atoms with van der Waals surface area (Å²) in [5, 5.41) is 4.62. The highest BCUT2D eigenvalue weighted by atomic mass is 35.5. The highest BCUT2D eigenvalue weighted by Gasteiger charge is 2.17. The average molecular weight is 212 g/mol. The standard InChI is InChI=1S/C10H10ClNO2/c1-13-12-9-4-5-14-10-3-2-7(11)6-8(9)10/h2-3,6H,4-5H2,1H3. The monoisotopic (exact) mass is 211 g/mol. The summed E-state index contributed by atoms with van der Waals surface area (Å²) in [5.74, 6) is 0.816. The molecule has 0 bridgehead atoms. The lowest BCUT2D eigenvalue weighted by Gasteiger charge is -2.18. The molecule has 0 unspecified atom stereocenters. The van der Waals surface area contributed by atoms with Crippen LogP contribution in [-0.2, 0) is 4.84 Å². The van der Waals surface area contributed by atoms with Crippen molar-refractivity contribution in [3.63, 3.8) is 0 Å². The Morgan fingerprint density at radius 2 is 2.36 bits per heavy atom. The maximum atomic E-state index is 5.89. The van der Waals surface area contributed by atoms with E-state index in [-0.39, 0.29) is 0 Å². The summed E-state index contributed by atoms with van der Waals surface area (Å²) in [6.45, 7) is 0.636. The van der Waals surface area contributed by atoms with Crippen molar-refractivity contribution in [2.45, 2.75) is 6.42 Å². The third-order valence-corrected chi connectivity index (χ3v) is 2.29. The van der Waals surface area contributed by atoms with Gasteiger partial charge in [0.1, 0.15) is 12.9 Å². The molecule has 0 aromatic heterocycles. The number of rotatable bonds is 1. The molecule has 2 rings (SSSR count). The van der Waals surface area contributed by atoms with Crippen molar-refractivity contribution in [3.8, 4) is 5.75 Å². The minimum absolute atomic E-state index is 0.636. The van der Waals surface area contributed by atoms with Crippen LogP contribution in [0.1, 0.15) is 12.0 Å². The van der Waals surface area contributed by atoms with E-state index < -0.39 is 0 Å². The summed E-state index contributed by atoms with van der Waals surface area (Å²) in [5.41, 5.74) is 1.81. The number of benzene rings is 1. The SMILES string of the molecule is CON=C1CCOc2ccc(Cl)cc21. The van der Waals surface area contributed by atoms with Gasteiger partial charge in [0.15, 0.2) is 0 Å². The van der Waals surface area contributed by atoms with E-state index in [2.05, 4.69) is 5.16 Å². The zero-order valence-corrected chi connectivity index (χ0v) is 8.54. The number of fused-ring (bicyclic) bond motifs is 1. The van der Waals surface area contributed by atoms with Crippen LogP contribution in [0, 0.1) is 0 Å². The Hall–Kier alpha value is -1.22. The molecule has 1 heterocycles. The van der Waals surface area contributed by atoms with Gasteiger partial charge in [-0.25, -0.2) is 0 Å². The molecule has 14 heavy (non-hydrogen) atoms. The second-order valence-electron chi connectivity index (χ2n) is 2.96. The van der Waals surface area contributed by atoms with E-state index in [4.69, 9.17) is 21.2 Å². The van der Waals surface area contributed by atoms with Crippen LogP contribution < -0.4 is 4.74 Å². The van der Waals surface area contributed by atoms with Crippen molar-refractivity contribution in [2.24, 2.45) is 5.16 Å². The normalized spacial score (nSPS) is 17.4. The molecule has 0 atom stereocenters. The van der Waals surface area contributed by atoms with Gasteiger partial charge in [-0.15, -0.1) is 0 Å². The van der Waals surface area contributed by atoms with Crippen LogP contribution in [0.3, 0.4) is 0 Å². The molecule has 0 saturated heterocycles. The Morgan fingerprint density at radius 1 is 1.50 bits per heavy atom. The van der Waals surface area contributed by atoms with Gasteiger partial charge in [0, 0.05) is 17.0 Å². The quantitative estimate of drug-likeness (QED) is 0.669. The fourth-order valence-electron chi connectivity index (χ4n) is 1.45. The molecular formula is C10H10ClNO2. The fourth-order valence-corrected chi connectivity index (χ4v) is 1.62. The van der Waals surface area contributed by atoms with Gasteiger partial charge >= 0.3 is 0 Å². The molecule has 0 radical (unpaired) electrons. The van der Waals surface area contributed by atoms with E-state index in [1.54, 1.807) is 6.07 Å². The summed E-state index contributed by atoms with van der Waals surface area (Å²) < 4.78 is 5.46. The first-order chi connectivity index (χ1) is 6.81. The number of oxime groups is 1. The van der Waals surface area contributed by atoms with Crippen molar-refractivity contribution in [2.75, 3.05) is 13.7 Å². The molecule has 0 fully saturated rings. The third-order valence-electron chi connectivity index (χ3n) is 2.05. The van der Waals surface area contributed by atoms with E-state index in [1.807, 2.05) is 12.1 Å². The lowest BCUT2D eigenvalue weighted by Crippen LogP contribution is -2.16. The van der Waals surface area contributed by atoms with Crippen molar-refractivity contribution in [1.29, 1.82) is 0 Å². The maximum Gasteiger partial charge on any atom is 0.128 e. The third kappa shape index (κ3) is 1.68. The predicted molar refractivity (Wildman–Crippen MR) is 55.1 cm³/mol. The van der Waals surface area contributed by atoms with Gasteiger partial charge in [0.25, 0.3) is 0 Å². The van der Waals surface area contributed by atoms with Crippen LogP contribution in [0.2, 0.25) is 5.02 Å². The van der Waals surface area contributed by atoms with Gasteiger partial charge in [-0.3, -0.25) is 0 Å². The fraction of sp³-hybridized carbons (Fsp3) is 0.300. The summed E-state index contributed by atoms with van der Waals surface area (Å²) >= 11 is 5.89. The molecule has 3 nitrogen and oxygen atoms in total. The van der Waals surface area contributed by atoms with Gasteiger partial charge in [-0.2, -0.15) is 0 Å². The van der Waals surface area contributed by atoms with E-state index in [0.717, 1.165) is 23.4 Å². The predicted octanol–water partition coefficient (Wildman–Crippen LogP) is 2.47. The van der Waals surface area contributed by atoms with Crippen LogP contribution >= 0.6 is 11.6 Å². The number of hydrogen-bond acceptors (Lipinski definition) is 3. The van der Waals surface area contributed by atoms with E-state index in [1.165, 1.54) is 7.11 Å². The minimum Gasteiger partial charge on any atom is -0.492 e. The highest BCUT2D eigenvalue weighted by molar-refractivity contribution is 6.31. The lowest BCUT2D eigenvalue weighted by molar-refractivity contribution is 0.210. The molecule has 1 aliphatic rings. The Labute approximate surface area is 87.3 Å². The number of hydrogen-bond donors (Lipinski definition) is 0. The molecule has 1 aliphatic heterocycles. The van der Waals surface area contributed by atoms with Crippen molar-refractivity contribution in [1.82, 2.24) is 0 Å². The van der Waals surface area contributed by atoms with Crippen LogP contribution in [-0.4, -0.2) is 19.4 Å². The molecule has 0 N–H and O–H groups in total. The van der Waals surface area contributed by atoms with Crippen LogP contribution in [0.4, 0.5) is 0 Å². The van der Waals surface area contributed by atoms with Crippen molar-refractivity contribution >= 4 is 17.3 Å². The van der Waals surface area contributed by atoms with Crippen LogP contribution in [0.5, 0.6) is 5.75 Å². The van der Waals surface area contributed by atoms with E-state index >= 15 is 0 Å². The lowest BCUT2D eigenvalue weighted by atomic mass is 10.0. The second-order valence-corrected chi connectivity index (χ2v) is 3.40. The molecule has 0 aliphatic carbocycles. The molecule has 0 amide bonds. The van der Waals surface area contributed by atoms with Crippen LogP contribution in [0.15, 0.2) is 23.4 Å². The molecule has 1 aromatic carbocycles. The Morgan fingerprint density at radius 3 is 3.14 bits per heavy atom. The van der Waals surface area contributed by atoms with Gasteiger partial charge in [-0.1, -0.05) is 16.8 Å². The Kier molecular flexibility index (Phi) is 2.59. The van der Waals surface area contributed by atoms with Crippen molar-refractivity contribution in [3.05, 3.63) is 28.8 Å². The molecule has 74 valence electrons. The summed E-state index contributed by atoms with van der Waals surface area (Å²) in [7, 11) is 1.53. The van der Waals surface area contributed by atoms with Crippen molar-refractivity contribution < 1.29 is 9.57 Å². The smallest absolute Gasteiger partial charge is 0.128 e. The zero-order valence-electron chi connectivity index (χ0n) is 7.79. The average Bonchev–Trinajstić information content (AvgIpc) is 2.19. The summed E-state index contributed by atoms with van der Waals surface area (Å²) in [6, 6.07) is 5.49. The van der Waals surface area contributed by atoms with Gasteiger partial charge in [0.05, 0.1) is 12.3 Å². The van der Waals surface area contributed by atoms with E-state index in [9.17, 15) is 0 Å². The van der Waals surface area contributed by atoms with Gasteiger partial charge < -0.3 is 9.57 Å². The first-order valence-corrected chi connectivity index (χ1v) is 4.72. The first kappa shape index (κ1) is 9.34. The largest absolute Gasteiger partial charge is 0.492 e. The summed E-state index contributed by atoms with van der Waals surface area (Å²) in [4.78, 5) is 4.77. The van der Waals surface area contributed by atoms with Gasteiger partial charge in [-0.05, 0) is 18.2 Å². The second kappa shape index (κ2) is 3.88. The minimum atomic E-state index is 0.636.